The van der Waals surface area contributed by atoms with Crippen LogP contribution < -0.4 is 5.43 Å². The van der Waals surface area contributed by atoms with Gasteiger partial charge in [0.1, 0.15) is 0 Å². The smallest absolute Gasteiger partial charge is 0.186 e. The molecule has 2 nitrogen and oxygen atoms in total. The van der Waals surface area contributed by atoms with Crippen LogP contribution in [0.2, 0.25) is 5.02 Å². The van der Waals surface area contributed by atoms with Crippen molar-refractivity contribution in [2.24, 2.45) is 0 Å². The molecule has 0 spiro atoms. The summed E-state index contributed by atoms with van der Waals surface area (Å²) in [5.74, 6) is 0.198. The van der Waals surface area contributed by atoms with Crippen LogP contribution in [0.25, 0.3) is 5.69 Å². The van der Waals surface area contributed by atoms with Gasteiger partial charge in [-0.05, 0) is 19.1 Å². The molecule has 2 aromatic rings. The Kier molecular flexibility index (Phi) is 3.55. The Balaban J connectivity index is 2.68. The van der Waals surface area contributed by atoms with E-state index in [1.807, 2.05) is 35.8 Å². The lowest BCUT2D eigenvalue weighted by atomic mass is 10.2. The Morgan fingerprint density at radius 3 is 2.65 bits per heavy atom. The molecule has 0 radical (unpaired) electrons. The molecular weight excluding hydrogens is 257 g/mol. The number of benzene rings is 1. The zero-order chi connectivity index (χ0) is 12.4. The summed E-state index contributed by atoms with van der Waals surface area (Å²) in [5.41, 5.74) is 2.20. The highest BCUT2D eigenvalue weighted by Crippen LogP contribution is 2.21. The van der Waals surface area contributed by atoms with Crippen molar-refractivity contribution in [3.8, 4) is 5.69 Å². The second kappa shape index (κ2) is 4.94. The van der Waals surface area contributed by atoms with E-state index in [4.69, 9.17) is 23.2 Å². The molecule has 2 rings (SSSR count). The zero-order valence-electron chi connectivity index (χ0n) is 9.28. The van der Waals surface area contributed by atoms with E-state index in [9.17, 15) is 4.79 Å². The largest absolute Gasteiger partial charge is 0.319 e. The highest BCUT2D eigenvalue weighted by atomic mass is 35.5. The fourth-order valence-corrected chi connectivity index (χ4v) is 2.11. The predicted molar refractivity (Wildman–Crippen MR) is 71.3 cm³/mol. The van der Waals surface area contributed by atoms with Gasteiger partial charge >= 0.3 is 0 Å². The molecule has 0 atom stereocenters. The monoisotopic (exact) mass is 267 g/mol. The first kappa shape index (κ1) is 12.2. The first-order valence-electron chi connectivity index (χ1n) is 5.16. The first-order chi connectivity index (χ1) is 8.13. The normalized spacial score (nSPS) is 10.5. The van der Waals surface area contributed by atoms with Crippen molar-refractivity contribution < 1.29 is 0 Å². The number of nitrogens with zero attached hydrogens (tertiary/aromatic N) is 1. The van der Waals surface area contributed by atoms with Gasteiger partial charge in [-0.25, -0.2) is 0 Å². The molecule has 0 saturated carbocycles. The number of alkyl halides is 1. The molecule has 0 amide bonds. The highest BCUT2D eigenvalue weighted by Gasteiger charge is 2.07. The Bertz CT molecular complexity index is 605. The van der Waals surface area contributed by atoms with Crippen LogP contribution in [-0.4, -0.2) is 4.57 Å². The van der Waals surface area contributed by atoms with E-state index in [1.165, 1.54) is 0 Å². The minimum atomic E-state index is -0.0409. The van der Waals surface area contributed by atoms with Crippen molar-refractivity contribution in [3.63, 3.8) is 0 Å². The van der Waals surface area contributed by atoms with Gasteiger partial charge in [0.15, 0.2) is 5.43 Å². The van der Waals surface area contributed by atoms with Crippen LogP contribution in [-0.2, 0) is 5.88 Å². The maximum Gasteiger partial charge on any atom is 0.186 e. The van der Waals surface area contributed by atoms with Crippen molar-refractivity contribution in [2.75, 3.05) is 0 Å². The molecule has 0 fully saturated rings. The molecule has 0 saturated heterocycles. The number of hydrogen-bond acceptors (Lipinski definition) is 1. The minimum absolute atomic E-state index is 0.0409. The summed E-state index contributed by atoms with van der Waals surface area (Å²) in [6.07, 6.45) is 1.74. The topological polar surface area (TPSA) is 22.0 Å². The van der Waals surface area contributed by atoms with Crippen LogP contribution in [0.1, 0.15) is 11.3 Å². The molecule has 0 aliphatic rings. The van der Waals surface area contributed by atoms with Gasteiger partial charge in [-0.15, -0.1) is 11.6 Å². The number of para-hydroxylation sites is 1. The molecular formula is C13H11Cl2NO. The SMILES string of the molecule is Cc1cc(=O)c(CCl)cn1-c1ccccc1Cl. The molecule has 17 heavy (non-hydrogen) atoms. The van der Waals surface area contributed by atoms with Crippen LogP contribution in [0.5, 0.6) is 0 Å². The van der Waals surface area contributed by atoms with E-state index < -0.39 is 0 Å². The molecule has 0 aliphatic carbocycles. The molecule has 0 unspecified atom stereocenters. The fraction of sp³-hybridized carbons (Fsp3) is 0.154. The Labute approximate surface area is 109 Å². The Hall–Kier alpha value is -1.25. The summed E-state index contributed by atoms with van der Waals surface area (Å²) in [5, 5.41) is 0.639. The molecule has 0 aliphatic heterocycles. The number of aromatic nitrogens is 1. The second-order valence-electron chi connectivity index (χ2n) is 3.76. The number of halogens is 2. The Morgan fingerprint density at radius 1 is 1.29 bits per heavy atom. The predicted octanol–water partition coefficient (Wildman–Crippen LogP) is 3.54. The highest BCUT2D eigenvalue weighted by molar-refractivity contribution is 6.32. The molecule has 4 heteroatoms. The lowest BCUT2D eigenvalue weighted by molar-refractivity contribution is 0.955. The van der Waals surface area contributed by atoms with Crippen LogP contribution >= 0.6 is 23.2 Å². The summed E-state index contributed by atoms with van der Waals surface area (Å²) < 4.78 is 1.88. The third kappa shape index (κ3) is 2.38. The van der Waals surface area contributed by atoms with Crippen molar-refractivity contribution in [2.45, 2.75) is 12.8 Å². The average molecular weight is 268 g/mol. The molecule has 1 aromatic heterocycles. The molecule has 1 heterocycles. The van der Waals surface area contributed by atoms with Crippen molar-refractivity contribution in [1.82, 2.24) is 4.57 Å². The van der Waals surface area contributed by atoms with Gasteiger partial charge < -0.3 is 4.57 Å². The van der Waals surface area contributed by atoms with Gasteiger partial charge in [0.2, 0.25) is 0 Å². The number of pyridine rings is 1. The number of hydrogen-bond donors (Lipinski definition) is 0. The standard InChI is InChI=1S/C13H11Cl2NO/c1-9-6-13(17)10(7-14)8-16(9)12-5-3-2-4-11(12)15/h2-6,8H,7H2,1H3. The lowest BCUT2D eigenvalue weighted by Crippen LogP contribution is -2.13. The van der Waals surface area contributed by atoms with Crippen LogP contribution in [0.3, 0.4) is 0 Å². The third-order valence-electron chi connectivity index (χ3n) is 2.58. The van der Waals surface area contributed by atoms with E-state index >= 15 is 0 Å². The van der Waals surface area contributed by atoms with Gasteiger partial charge in [0.25, 0.3) is 0 Å². The van der Waals surface area contributed by atoms with Crippen LogP contribution in [0.4, 0.5) is 0 Å². The van der Waals surface area contributed by atoms with Gasteiger partial charge in [0.05, 0.1) is 16.6 Å². The maximum atomic E-state index is 11.6. The van der Waals surface area contributed by atoms with Gasteiger partial charge in [0, 0.05) is 23.5 Å². The van der Waals surface area contributed by atoms with Crippen LogP contribution in [0.15, 0.2) is 41.3 Å². The molecule has 1 aromatic carbocycles. The fourth-order valence-electron chi connectivity index (χ4n) is 1.68. The summed E-state index contributed by atoms with van der Waals surface area (Å²) in [7, 11) is 0. The first-order valence-corrected chi connectivity index (χ1v) is 6.08. The van der Waals surface area contributed by atoms with Crippen molar-refractivity contribution in [3.05, 3.63) is 63.0 Å². The minimum Gasteiger partial charge on any atom is -0.319 e. The van der Waals surface area contributed by atoms with Gasteiger partial charge in [-0.2, -0.15) is 0 Å². The lowest BCUT2D eigenvalue weighted by Gasteiger charge is -2.13. The van der Waals surface area contributed by atoms with E-state index in [-0.39, 0.29) is 11.3 Å². The number of aryl methyl sites for hydroxylation is 1. The van der Waals surface area contributed by atoms with E-state index in [0.29, 0.717) is 10.6 Å². The maximum absolute atomic E-state index is 11.6. The van der Waals surface area contributed by atoms with Crippen molar-refractivity contribution >= 4 is 23.2 Å². The molecule has 0 bridgehead atoms. The van der Waals surface area contributed by atoms with Gasteiger partial charge in [-0.1, -0.05) is 23.7 Å². The average Bonchev–Trinajstić information content (AvgIpc) is 2.31. The summed E-state index contributed by atoms with van der Waals surface area (Å²) in [6, 6.07) is 9.05. The molecule has 88 valence electrons. The quantitative estimate of drug-likeness (QED) is 0.763. The second-order valence-corrected chi connectivity index (χ2v) is 4.43. The Morgan fingerprint density at radius 2 is 2.00 bits per heavy atom. The van der Waals surface area contributed by atoms with E-state index in [1.54, 1.807) is 12.3 Å². The zero-order valence-corrected chi connectivity index (χ0v) is 10.8. The number of rotatable bonds is 2. The summed E-state index contributed by atoms with van der Waals surface area (Å²) in [4.78, 5) is 11.6. The molecule has 0 N–H and O–H groups in total. The van der Waals surface area contributed by atoms with Crippen molar-refractivity contribution in [1.29, 1.82) is 0 Å². The summed E-state index contributed by atoms with van der Waals surface area (Å²) >= 11 is 11.9. The van der Waals surface area contributed by atoms with Crippen LogP contribution in [0, 0.1) is 6.92 Å². The summed E-state index contributed by atoms with van der Waals surface area (Å²) in [6.45, 7) is 1.86. The van der Waals surface area contributed by atoms with E-state index in [0.717, 1.165) is 11.4 Å². The van der Waals surface area contributed by atoms with Gasteiger partial charge in [-0.3, -0.25) is 4.79 Å². The van der Waals surface area contributed by atoms with E-state index in [2.05, 4.69) is 0 Å². The third-order valence-corrected chi connectivity index (χ3v) is 3.18.